The van der Waals surface area contributed by atoms with Crippen molar-refractivity contribution in [1.29, 1.82) is 0 Å². The van der Waals surface area contributed by atoms with Gasteiger partial charge in [0.15, 0.2) is 0 Å². The third-order valence-electron chi connectivity index (χ3n) is 3.70. The van der Waals surface area contributed by atoms with Crippen molar-refractivity contribution in [2.75, 3.05) is 0 Å². The molecule has 8 heteroatoms. The largest absolute Gasteiger partial charge is 0.280 e. The highest BCUT2D eigenvalue weighted by Crippen LogP contribution is 2.30. The fraction of sp³-hybridized carbons (Fsp3) is 0.176. The molecule has 0 fully saturated rings. The van der Waals surface area contributed by atoms with Gasteiger partial charge in [0, 0.05) is 11.1 Å². The van der Waals surface area contributed by atoms with Gasteiger partial charge in [-0.05, 0) is 38.5 Å². The van der Waals surface area contributed by atoms with E-state index in [0.717, 1.165) is 16.6 Å². The lowest BCUT2D eigenvalue weighted by Crippen LogP contribution is -2.41. The summed E-state index contributed by atoms with van der Waals surface area (Å²) < 4.78 is 13.6. The number of nitrogens with zero attached hydrogens (tertiary/aromatic N) is 2. The van der Waals surface area contributed by atoms with Gasteiger partial charge in [-0.1, -0.05) is 12.1 Å². The lowest BCUT2D eigenvalue weighted by Gasteiger charge is -2.07. The van der Waals surface area contributed by atoms with Crippen molar-refractivity contribution in [3.63, 3.8) is 0 Å². The molecule has 2 aromatic heterocycles. The van der Waals surface area contributed by atoms with Crippen LogP contribution in [0.3, 0.4) is 0 Å². The number of hydrogen-bond donors (Lipinski definition) is 2. The molecule has 2 N–H and O–H groups in total. The quantitative estimate of drug-likeness (QED) is 0.690. The SMILES string of the molecule is Cc1nc(C)c2c(C)c(C(=O)NNC(=O)c3ccccc3F)sc2n1. The molecule has 0 atom stereocenters. The summed E-state index contributed by atoms with van der Waals surface area (Å²) in [5.41, 5.74) is 5.94. The summed E-state index contributed by atoms with van der Waals surface area (Å²) in [6.07, 6.45) is 0. The van der Waals surface area contributed by atoms with Crippen molar-refractivity contribution >= 4 is 33.4 Å². The monoisotopic (exact) mass is 358 g/mol. The van der Waals surface area contributed by atoms with Gasteiger partial charge in [0.05, 0.1) is 10.4 Å². The van der Waals surface area contributed by atoms with Crippen LogP contribution in [0.5, 0.6) is 0 Å². The summed E-state index contributed by atoms with van der Waals surface area (Å²) in [5, 5.41) is 0.834. The Morgan fingerprint density at radius 1 is 1.04 bits per heavy atom. The van der Waals surface area contributed by atoms with Gasteiger partial charge in [0.2, 0.25) is 0 Å². The van der Waals surface area contributed by atoms with Gasteiger partial charge >= 0.3 is 0 Å². The first kappa shape index (κ1) is 17.0. The van der Waals surface area contributed by atoms with Gasteiger partial charge in [0.1, 0.15) is 16.5 Å². The number of thiophene rings is 1. The second-order valence-corrected chi connectivity index (χ2v) is 6.48. The maximum atomic E-state index is 13.6. The van der Waals surface area contributed by atoms with Gasteiger partial charge in [-0.25, -0.2) is 14.4 Å². The standard InChI is InChI=1S/C17H15FN4O2S/c1-8-13-9(2)19-10(3)20-17(13)25-14(8)16(24)22-21-15(23)11-6-4-5-7-12(11)18/h4-7H,1-3H3,(H,21,23)(H,22,24). The maximum Gasteiger partial charge on any atom is 0.280 e. The van der Waals surface area contributed by atoms with E-state index < -0.39 is 17.6 Å². The number of fused-ring (bicyclic) bond motifs is 1. The predicted octanol–water partition coefficient (Wildman–Crippen LogP) is 2.83. The van der Waals surface area contributed by atoms with Crippen LogP contribution in [-0.4, -0.2) is 21.8 Å². The number of rotatable bonds is 2. The van der Waals surface area contributed by atoms with Crippen molar-refractivity contribution in [2.24, 2.45) is 0 Å². The Balaban J connectivity index is 1.81. The predicted molar refractivity (Wildman–Crippen MR) is 93.0 cm³/mol. The average Bonchev–Trinajstić information content (AvgIpc) is 2.89. The topological polar surface area (TPSA) is 84.0 Å². The third kappa shape index (κ3) is 3.20. The van der Waals surface area contributed by atoms with Crippen molar-refractivity contribution in [3.8, 4) is 0 Å². The number of aryl methyl sites for hydroxylation is 3. The summed E-state index contributed by atoms with van der Waals surface area (Å²) in [5.74, 6) is -1.24. The number of halogens is 1. The van der Waals surface area contributed by atoms with Crippen LogP contribution >= 0.6 is 11.3 Å². The van der Waals surface area contributed by atoms with Crippen LogP contribution in [0.15, 0.2) is 24.3 Å². The Kier molecular flexibility index (Phi) is 4.45. The van der Waals surface area contributed by atoms with E-state index in [0.29, 0.717) is 15.5 Å². The van der Waals surface area contributed by atoms with Crippen LogP contribution in [0, 0.1) is 26.6 Å². The normalized spacial score (nSPS) is 10.7. The maximum absolute atomic E-state index is 13.6. The molecule has 25 heavy (non-hydrogen) atoms. The fourth-order valence-electron chi connectivity index (χ4n) is 2.57. The molecular formula is C17H15FN4O2S. The fourth-order valence-corrected chi connectivity index (χ4v) is 3.75. The summed E-state index contributed by atoms with van der Waals surface area (Å²) in [6.45, 7) is 5.45. The summed E-state index contributed by atoms with van der Waals surface area (Å²) in [6, 6.07) is 5.54. The molecule has 0 aliphatic heterocycles. The molecule has 0 aliphatic rings. The van der Waals surface area contributed by atoms with Gasteiger partial charge in [-0.3, -0.25) is 20.4 Å². The van der Waals surface area contributed by atoms with Gasteiger partial charge in [0.25, 0.3) is 11.8 Å². The van der Waals surface area contributed by atoms with Gasteiger partial charge in [-0.2, -0.15) is 0 Å². The molecule has 2 heterocycles. The number of carbonyl (C=O) groups excluding carboxylic acids is 2. The van der Waals surface area contributed by atoms with Crippen LogP contribution in [0.2, 0.25) is 0 Å². The van der Waals surface area contributed by atoms with E-state index in [1.807, 2.05) is 6.92 Å². The minimum absolute atomic E-state index is 0.145. The highest BCUT2D eigenvalue weighted by Gasteiger charge is 2.19. The van der Waals surface area contributed by atoms with E-state index in [1.165, 1.54) is 29.5 Å². The van der Waals surface area contributed by atoms with Crippen LogP contribution in [0.4, 0.5) is 4.39 Å². The van der Waals surface area contributed by atoms with Crippen LogP contribution in [0.1, 0.15) is 37.1 Å². The molecule has 0 aliphatic carbocycles. The van der Waals surface area contributed by atoms with Crippen LogP contribution in [-0.2, 0) is 0 Å². The minimum Gasteiger partial charge on any atom is -0.267 e. The lowest BCUT2D eigenvalue weighted by molar-refractivity contribution is 0.0846. The van der Waals surface area contributed by atoms with E-state index in [2.05, 4.69) is 20.8 Å². The number of benzene rings is 1. The Bertz CT molecular complexity index is 1000. The van der Waals surface area contributed by atoms with Crippen molar-refractivity contribution < 1.29 is 14.0 Å². The van der Waals surface area contributed by atoms with E-state index in [-0.39, 0.29) is 5.56 Å². The zero-order valence-corrected chi connectivity index (χ0v) is 14.6. The van der Waals surface area contributed by atoms with Crippen molar-refractivity contribution in [2.45, 2.75) is 20.8 Å². The van der Waals surface area contributed by atoms with E-state index in [9.17, 15) is 14.0 Å². The number of amides is 2. The Morgan fingerprint density at radius 3 is 2.44 bits per heavy atom. The molecule has 0 unspecified atom stereocenters. The molecule has 0 spiro atoms. The average molecular weight is 358 g/mol. The van der Waals surface area contributed by atoms with Crippen LogP contribution < -0.4 is 10.9 Å². The Labute approximate surface area is 147 Å². The number of carbonyl (C=O) groups is 2. The van der Waals surface area contributed by atoms with Crippen LogP contribution in [0.25, 0.3) is 10.2 Å². The molecule has 0 bridgehead atoms. The molecule has 3 aromatic rings. The summed E-state index contributed by atoms with van der Waals surface area (Å²) >= 11 is 1.22. The third-order valence-corrected chi connectivity index (χ3v) is 4.88. The molecule has 128 valence electrons. The molecule has 3 rings (SSSR count). The number of aromatic nitrogens is 2. The van der Waals surface area contributed by atoms with Crippen molar-refractivity contribution in [3.05, 3.63) is 57.6 Å². The highest BCUT2D eigenvalue weighted by atomic mass is 32.1. The highest BCUT2D eigenvalue weighted by molar-refractivity contribution is 7.20. The zero-order valence-electron chi connectivity index (χ0n) is 13.8. The lowest BCUT2D eigenvalue weighted by atomic mass is 10.1. The number of hydrogen-bond acceptors (Lipinski definition) is 5. The minimum atomic E-state index is -0.725. The molecule has 2 amide bonds. The first-order valence-electron chi connectivity index (χ1n) is 7.48. The van der Waals surface area contributed by atoms with Gasteiger partial charge < -0.3 is 0 Å². The van der Waals surface area contributed by atoms with E-state index in [1.54, 1.807) is 19.9 Å². The zero-order chi connectivity index (χ0) is 18.1. The van der Waals surface area contributed by atoms with Crippen molar-refractivity contribution in [1.82, 2.24) is 20.8 Å². The summed E-state index contributed by atoms with van der Waals surface area (Å²) in [4.78, 5) is 34.2. The summed E-state index contributed by atoms with van der Waals surface area (Å²) in [7, 11) is 0. The molecule has 0 saturated carbocycles. The van der Waals surface area contributed by atoms with E-state index in [4.69, 9.17) is 0 Å². The number of hydrazine groups is 1. The molecular weight excluding hydrogens is 343 g/mol. The Hall–Kier alpha value is -2.87. The first-order valence-corrected chi connectivity index (χ1v) is 8.29. The molecule has 6 nitrogen and oxygen atoms in total. The Morgan fingerprint density at radius 2 is 1.72 bits per heavy atom. The van der Waals surface area contributed by atoms with E-state index >= 15 is 0 Å². The smallest absolute Gasteiger partial charge is 0.267 e. The van der Waals surface area contributed by atoms with Gasteiger partial charge in [-0.15, -0.1) is 11.3 Å². The number of nitrogens with one attached hydrogen (secondary N) is 2. The molecule has 0 radical (unpaired) electrons. The first-order chi connectivity index (χ1) is 11.9. The second-order valence-electron chi connectivity index (χ2n) is 5.48. The second kappa shape index (κ2) is 6.56. The molecule has 0 saturated heterocycles. The molecule has 1 aromatic carbocycles.